The topological polar surface area (TPSA) is 84.2 Å². The Morgan fingerprint density at radius 1 is 1.37 bits per heavy atom. The lowest BCUT2D eigenvalue weighted by Crippen LogP contribution is -2.47. The van der Waals surface area contributed by atoms with Gasteiger partial charge in [-0.1, -0.05) is 12.8 Å². The Bertz CT molecular complexity index is 440. The molecule has 104 valence electrons. The second-order valence-electron chi connectivity index (χ2n) is 5.20. The average molecular weight is 265 g/mol. The molecule has 1 aliphatic rings. The van der Waals surface area contributed by atoms with Gasteiger partial charge in [0.1, 0.15) is 12.4 Å². The van der Waals surface area contributed by atoms with Gasteiger partial charge < -0.3 is 10.2 Å². The number of nitro groups is 1. The lowest BCUT2D eigenvalue weighted by atomic mass is 9.96. The standard InChI is InChI=1S/C12H19N5O2/c1-16(2)12(5-3-4-6-12)9-15-11-13-7-10(8-14-11)17(18)19/h7-8H,3-6,9H2,1-2H3,(H,13,14,15). The van der Waals surface area contributed by atoms with Crippen molar-refractivity contribution in [3.63, 3.8) is 0 Å². The first kappa shape index (κ1) is 13.7. The summed E-state index contributed by atoms with van der Waals surface area (Å²) in [6, 6.07) is 0. The molecule has 0 amide bonds. The van der Waals surface area contributed by atoms with Gasteiger partial charge in [-0.05, 0) is 26.9 Å². The van der Waals surface area contributed by atoms with Gasteiger partial charge in [0, 0.05) is 12.1 Å². The molecule has 19 heavy (non-hydrogen) atoms. The van der Waals surface area contributed by atoms with Crippen LogP contribution >= 0.6 is 0 Å². The van der Waals surface area contributed by atoms with Crippen LogP contribution in [0.25, 0.3) is 0 Å². The lowest BCUT2D eigenvalue weighted by Gasteiger charge is -2.36. The number of hydrogen-bond donors (Lipinski definition) is 1. The Morgan fingerprint density at radius 3 is 2.42 bits per heavy atom. The minimum atomic E-state index is -0.498. The number of likely N-dealkylation sites (N-methyl/N-ethyl adjacent to an activating group) is 1. The molecule has 2 rings (SSSR count). The number of nitrogens with zero attached hydrogens (tertiary/aromatic N) is 4. The highest BCUT2D eigenvalue weighted by Crippen LogP contribution is 2.33. The first-order valence-corrected chi connectivity index (χ1v) is 6.41. The van der Waals surface area contributed by atoms with Crippen molar-refractivity contribution in [1.82, 2.24) is 14.9 Å². The zero-order valence-corrected chi connectivity index (χ0v) is 11.3. The summed E-state index contributed by atoms with van der Waals surface area (Å²) in [5, 5.41) is 13.7. The van der Waals surface area contributed by atoms with Gasteiger partial charge in [0.05, 0.1) is 4.92 Å². The smallest absolute Gasteiger partial charge is 0.305 e. The highest BCUT2D eigenvalue weighted by Gasteiger charge is 2.35. The Hall–Kier alpha value is -1.76. The quantitative estimate of drug-likeness (QED) is 0.644. The Morgan fingerprint density at radius 2 is 1.95 bits per heavy atom. The maximum absolute atomic E-state index is 10.5. The van der Waals surface area contributed by atoms with Crippen LogP contribution in [0.15, 0.2) is 12.4 Å². The number of aromatic nitrogens is 2. The minimum absolute atomic E-state index is 0.0891. The van der Waals surface area contributed by atoms with Crippen molar-refractivity contribution in [2.75, 3.05) is 26.0 Å². The first-order valence-electron chi connectivity index (χ1n) is 6.41. The van der Waals surface area contributed by atoms with Crippen LogP contribution in [-0.2, 0) is 0 Å². The van der Waals surface area contributed by atoms with Gasteiger partial charge in [0.25, 0.3) is 0 Å². The average Bonchev–Trinajstić information content (AvgIpc) is 2.87. The van der Waals surface area contributed by atoms with Crippen LogP contribution in [-0.4, -0.2) is 46.0 Å². The molecular weight excluding hydrogens is 246 g/mol. The van der Waals surface area contributed by atoms with Gasteiger partial charge in [0.2, 0.25) is 5.95 Å². The van der Waals surface area contributed by atoms with E-state index >= 15 is 0 Å². The van der Waals surface area contributed by atoms with Crippen LogP contribution in [0, 0.1) is 10.1 Å². The second-order valence-corrected chi connectivity index (χ2v) is 5.20. The molecular formula is C12H19N5O2. The molecule has 0 saturated heterocycles. The van der Waals surface area contributed by atoms with E-state index in [2.05, 4.69) is 34.3 Å². The summed E-state index contributed by atoms with van der Waals surface area (Å²) in [6.45, 7) is 0.762. The molecule has 1 heterocycles. The fourth-order valence-electron chi connectivity index (χ4n) is 2.57. The minimum Gasteiger partial charge on any atom is -0.352 e. The van der Waals surface area contributed by atoms with Crippen LogP contribution < -0.4 is 5.32 Å². The first-order chi connectivity index (χ1) is 9.03. The molecule has 1 saturated carbocycles. The molecule has 1 aliphatic carbocycles. The van der Waals surface area contributed by atoms with Crippen molar-refractivity contribution in [3.05, 3.63) is 22.5 Å². The van der Waals surface area contributed by atoms with Gasteiger partial charge >= 0.3 is 5.69 Å². The molecule has 0 aliphatic heterocycles. The van der Waals surface area contributed by atoms with Gasteiger partial charge in [-0.15, -0.1) is 0 Å². The predicted molar refractivity (Wildman–Crippen MR) is 72.1 cm³/mol. The van der Waals surface area contributed by atoms with Crippen molar-refractivity contribution >= 4 is 11.6 Å². The highest BCUT2D eigenvalue weighted by atomic mass is 16.6. The Kier molecular flexibility index (Phi) is 3.94. The van der Waals surface area contributed by atoms with Gasteiger partial charge in [-0.3, -0.25) is 10.1 Å². The highest BCUT2D eigenvalue weighted by molar-refractivity contribution is 5.31. The van der Waals surface area contributed by atoms with Crippen molar-refractivity contribution in [1.29, 1.82) is 0 Å². The molecule has 7 nitrogen and oxygen atoms in total. The molecule has 0 bridgehead atoms. The predicted octanol–water partition coefficient (Wildman–Crippen LogP) is 1.67. The summed E-state index contributed by atoms with van der Waals surface area (Å²) in [6.07, 6.45) is 7.24. The number of hydrogen-bond acceptors (Lipinski definition) is 6. The van der Waals surface area contributed by atoms with E-state index in [1.165, 1.54) is 25.2 Å². The SMILES string of the molecule is CN(C)C1(CNc2ncc([N+](=O)[O-])cn2)CCCC1. The lowest BCUT2D eigenvalue weighted by molar-refractivity contribution is -0.385. The maximum atomic E-state index is 10.5. The van der Waals surface area contributed by atoms with Crippen molar-refractivity contribution in [3.8, 4) is 0 Å². The Balaban J connectivity index is 1.99. The molecule has 0 aromatic carbocycles. The largest absolute Gasteiger partial charge is 0.352 e. The summed E-state index contributed by atoms with van der Waals surface area (Å²) in [4.78, 5) is 20.2. The van der Waals surface area contributed by atoms with Gasteiger partial charge in [-0.25, -0.2) is 9.97 Å². The van der Waals surface area contributed by atoms with E-state index < -0.39 is 4.92 Å². The van der Waals surface area contributed by atoms with Gasteiger partial charge in [0.15, 0.2) is 0 Å². The van der Waals surface area contributed by atoms with Crippen LogP contribution in [0.4, 0.5) is 11.6 Å². The second kappa shape index (κ2) is 5.48. The molecule has 1 aromatic rings. The summed E-state index contributed by atoms with van der Waals surface area (Å²) >= 11 is 0. The fraction of sp³-hybridized carbons (Fsp3) is 0.667. The molecule has 0 unspecified atom stereocenters. The van der Waals surface area contributed by atoms with E-state index in [4.69, 9.17) is 0 Å². The summed E-state index contributed by atoms with van der Waals surface area (Å²) in [5.74, 6) is 0.443. The normalized spacial score (nSPS) is 17.6. The number of rotatable bonds is 5. The Labute approximate surface area is 112 Å². The third kappa shape index (κ3) is 2.98. The van der Waals surface area contributed by atoms with Gasteiger partial charge in [-0.2, -0.15) is 0 Å². The van der Waals surface area contributed by atoms with E-state index in [0.29, 0.717) is 5.95 Å². The summed E-state index contributed by atoms with van der Waals surface area (Å²) in [5.41, 5.74) is 0.0549. The molecule has 1 aromatic heterocycles. The number of nitrogens with one attached hydrogen (secondary N) is 1. The van der Waals surface area contributed by atoms with E-state index in [0.717, 1.165) is 19.4 Å². The molecule has 0 radical (unpaired) electrons. The fourth-order valence-corrected chi connectivity index (χ4v) is 2.57. The van der Waals surface area contributed by atoms with Crippen LogP contribution in [0.2, 0.25) is 0 Å². The molecule has 1 N–H and O–H groups in total. The van der Waals surface area contributed by atoms with E-state index in [9.17, 15) is 10.1 Å². The molecule has 0 atom stereocenters. The zero-order chi connectivity index (χ0) is 13.9. The van der Waals surface area contributed by atoms with E-state index in [-0.39, 0.29) is 11.2 Å². The van der Waals surface area contributed by atoms with E-state index in [1.807, 2.05) is 0 Å². The number of anilines is 1. The van der Waals surface area contributed by atoms with Crippen molar-refractivity contribution in [2.24, 2.45) is 0 Å². The third-order valence-corrected chi connectivity index (χ3v) is 3.91. The van der Waals surface area contributed by atoms with E-state index in [1.54, 1.807) is 0 Å². The third-order valence-electron chi connectivity index (χ3n) is 3.91. The molecule has 1 fully saturated rings. The van der Waals surface area contributed by atoms with Crippen LogP contribution in [0.1, 0.15) is 25.7 Å². The van der Waals surface area contributed by atoms with Crippen molar-refractivity contribution in [2.45, 2.75) is 31.2 Å². The van der Waals surface area contributed by atoms with Crippen LogP contribution in [0.3, 0.4) is 0 Å². The maximum Gasteiger partial charge on any atom is 0.305 e. The summed E-state index contributed by atoms with van der Waals surface area (Å²) in [7, 11) is 4.17. The van der Waals surface area contributed by atoms with Crippen molar-refractivity contribution < 1.29 is 4.92 Å². The molecule has 7 heteroatoms. The zero-order valence-electron chi connectivity index (χ0n) is 11.3. The molecule has 0 spiro atoms. The monoisotopic (exact) mass is 265 g/mol. The van der Waals surface area contributed by atoms with Crippen LogP contribution in [0.5, 0.6) is 0 Å². The summed E-state index contributed by atoms with van der Waals surface area (Å²) < 4.78 is 0.